The van der Waals surface area contributed by atoms with Crippen LogP contribution >= 0.6 is 0 Å². The molecule has 0 aliphatic heterocycles. The lowest BCUT2D eigenvalue weighted by atomic mass is 9.74. The predicted octanol–water partition coefficient (Wildman–Crippen LogP) is 2.81. The fourth-order valence-corrected chi connectivity index (χ4v) is 2.11. The summed E-state index contributed by atoms with van der Waals surface area (Å²) in [6, 6.07) is -0.0573. The molecule has 1 saturated carbocycles. The summed E-state index contributed by atoms with van der Waals surface area (Å²) in [5.41, 5.74) is 7.91. The van der Waals surface area contributed by atoms with Gasteiger partial charge in [0, 0.05) is 11.0 Å². The van der Waals surface area contributed by atoms with Crippen molar-refractivity contribution in [2.75, 3.05) is 6.61 Å². The van der Waals surface area contributed by atoms with Crippen molar-refractivity contribution in [1.82, 2.24) is 0 Å². The highest BCUT2D eigenvalue weighted by atomic mass is 16.5. The molecule has 0 N–H and O–H groups in total. The maximum atomic E-state index is 11.7. The van der Waals surface area contributed by atoms with Gasteiger partial charge in [-0.2, -0.15) is 0 Å². The first-order valence-electron chi connectivity index (χ1n) is 5.34. The van der Waals surface area contributed by atoms with E-state index in [0.717, 1.165) is 19.3 Å². The number of carbonyl (C=O) groups is 1. The summed E-state index contributed by atoms with van der Waals surface area (Å²) in [6.45, 7) is 4.10. The Morgan fingerprint density at radius 1 is 1.73 bits per heavy atom. The molecule has 1 aliphatic rings. The highest BCUT2D eigenvalue weighted by Gasteiger charge is 2.39. The number of hydrogen-bond acceptors (Lipinski definition) is 3. The first-order chi connectivity index (χ1) is 7.12. The topological polar surface area (TPSA) is 75.1 Å². The van der Waals surface area contributed by atoms with Crippen molar-refractivity contribution in [2.24, 2.45) is 10.5 Å². The van der Waals surface area contributed by atoms with Crippen LogP contribution in [0.3, 0.4) is 0 Å². The summed E-state index contributed by atoms with van der Waals surface area (Å²) in [7, 11) is 0. The summed E-state index contributed by atoms with van der Waals surface area (Å²) < 4.78 is 5.04. The zero-order valence-electron chi connectivity index (χ0n) is 9.27. The van der Waals surface area contributed by atoms with Crippen molar-refractivity contribution in [3.8, 4) is 0 Å². The minimum Gasteiger partial charge on any atom is -0.466 e. The van der Waals surface area contributed by atoms with Crippen molar-refractivity contribution >= 4 is 5.97 Å². The van der Waals surface area contributed by atoms with E-state index in [1.165, 1.54) is 0 Å². The van der Waals surface area contributed by atoms with Gasteiger partial charge in [-0.25, -0.2) is 0 Å². The molecule has 1 rings (SSSR count). The molecule has 1 fully saturated rings. The molecule has 2 unspecified atom stereocenters. The second kappa shape index (κ2) is 5.03. The molecule has 2 atom stereocenters. The van der Waals surface area contributed by atoms with Gasteiger partial charge in [-0.3, -0.25) is 4.79 Å². The molecule has 5 heteroatoms. The van der Waals surface area contributed by atoms with Crippen LogP contribution in [0.2, 0.25) is 0 Å². The molecule has 0 aromatic carbocycles. The summed E-state index contributed by atoms with van der Waals surface area (Å²) in [5, 5.41) is 3.69. The average Bonchev–Trinajstić information content (AvgIpc) is 2.19. The third-order valence-corrected chi connectivity index (χ3v) is 2.94. The molecule has 84 valence electrons. The number of ether oxygens (including phenoxy) is 1. The fraction of sp³-hybridized carbons (Fsp3) is 0.900. The van der Waals surface area contributed by atoms with Crippen molar-refractivity contribution in [3.05, 3.63) is 10.4 Å². The fourth-order valence-electron chi connectivity index (χ4n) is 2.11. The average molecular weight is 211 g/mol. The van der Waals surface area contributed by atoms with Crippen LogP contribution in [0.1, 0.15) is 39.5 Å². The number of azide groups is 1. The van der Waals surface area contributed by atoms with Crippen LogP contribution in [-0.4, -0.2) is 18.6 Å². The van der Waals surface area contributed by atoms with Crippen LogP contribution in [0.25, 0.3) is 10.4 Å². The van der Waals surface area contributed by atoms with Gasteiger partial charge in [0.15, 0.2) is 0 Å². The smallest absolute Gasteiger partial charge is 0.311 e. The Hall–Kier alpha value is -1.22. The van der Waals surface area contributed by atoms with E-state index in [2.05, 4.69) is 10.0 Å². The highest BCUT2D eigenvalue weighted by Crippen LogP contribution is 2.38. The Labute approximate surface area is 89.4 Å². The van der Waals surface area contributed by atoms with Gasteiger partial charge in [0.1, 0.15) is 0 Å². The molecule has 0 aromatic rings. The van der Waals surface area contributed by atoms with Crippen LogP contribution in [0.15, 0.2) is 5.11 Å². The highest BCUT2D eigenvalue weighted by molar-refractivity contribution is 5.76. The first-order valence-corrected chi connectivity index (χ1v) is 5.34. The summed E-state index contributed by atoms with van der Waals surface area (Å²) in [5.74, 6) is -0.164. The van der Waals surface area contributed by atoms with Gasteiger partial charge in [-0.1, -0.05) is 11.5 Å². The quantitative estimate of drug-likeness (QED) is 0.311. The van der Waals surface area contributed by atoms with Crippen LogP contribution < -0.4 is 0 Å². The standard InChI is InChI=1S/C10H17N3O2/c1-3-15-9(14)10(2)6-4-5-8(7-10)12-13-11/h8H,3-7H2,1-2H3. The SMILES string of the molecule is CCOC(=O)C1(C)CCCC(N=[N+]=[N-])C1. The summed E-state index contributed by atoms with van der Waals surface area (Å²) >= 11 is 0. The van der Waals surface area contributed by atoms with E-state index in [9.17, 15) is 4.79 Å². The van der Waals surface area contributed by atoms with E-state index in [4.69, 9.17) is 10.3 Å². The molecule has 0 spiro atoms. The van der Waals surface area contributed by atoms with Crippen molar-refractivity contribution in [2.45, 2.75) is 45.6 Å². The van der Waals surface area contributed by atoms with Crippen molar-refractivity contribution in [3.63, 3.8) is 0 Å². The first kappa shape index (κ1) is 11.9. The van der Waals surface area contributed by atoms with E-state index in [-0.39, 0.29) is 12.0 Å². The number of rotatable bonds is 3. The van der Waals surface area contributed by atoms with Gasteiger partial charge in [0.25, 0.3) is 0 Å². The third-order valence-electron chi connectivity index (χ3n) is 2.94. The Morgan fingerprint density at radius 2 is 2.47 bits per heavy atom. The van der Waals surface area contributed by atoms with Gasteiger partial charge >= 0.3 is 5.97 Å². The lowest BCUT2D eigenvalue weighted by molar-refractivity contribution is -0.156. The van der Waals surface area contributed by atoms with E-state index in [0.29, 0.717) is 13.0 Å². The lowest BCUT2D eigenvalue weighted by Gasteiger charge is -2.34. The Kier molecular flexibility index (Phi) is 3.97. The zero-order chi connectivity index (χ0) is 11.3. The van der Waals surface area contributed by atoms with Crippen molar-refractivity contribution in [1.29, 1.82) is 0 Å². The van der Waals surface area contributed by atoms with Gasteiger partial charge in [-0.05, 0) is 38.6 Å². The molecule has 0 aromatic heterocycles. The molecule has 0 amide bonds. The maximum Gasteiger partial charge on any atom is 0.311 e. The number of esters is 1. The van der Waals surface area contributed by atoms with Gasteiger partial charge in [0.2, 0.25) is 0 Å². The molecule has 1 aliphatic carbocycles. The van der Waals surface area contributed by atoms with Gasteiger partial charge in [-0.15, -0.1) is 0 Å². The zero-order valence-corrected chi connectivity index (χ0v) is 9.27. The molecule has 5 nitrogen and oxygen atoms in total. The Bertz CT molecular complexity index is 286. The molecule has 0 bridgehead atoms. The molecular formula is C10H17N3O2. The van der Waals surface area contributed by atoms with E-state index in [1.807, 2.05) is 6.92 Å². The van der Waals surface area contributed by atoms with E-state index in [1.54, 1.807) is 6.92 Å². The number of hydrogen-bond donors (Lipinski definition) is 0. The maximum absolute atomic E-state index is 11.7. The number of nitrogens with zero attached hydrogens (tertiary/aromatic N) is 3. The molecule has 0 radical (unpaired) electrons. The predicted molar refractivity (Wildman–Crippen MR) is 56.1 cm³/mol. The van der Waals surface area contributed by atoms with Crippen LogP contribution in [0.4, 0.5) is 0 Å². The largest absolute Gasteiger partial charge is 0.466 e. The van der Waals surface area contributed by atoms with Gasteiger partial charge < -0.3 is 4.74 Å². The van der Waals surface area contributed by atoms with E-state index >= 15 is 0 Å². The normalized spacial score (nSPS) is 30.4. The molecule has 0 heterocycles. The van der Waals surface area contributed by atoms with E-state index < -0.39 is 5.41 Å². The van der Waals surface area contributed by atoms with Crippen LogP contribution in [-0.2, 0) is 9.53 Å². The van der Waals surface area contributed by atoms with Crippen LogP contribution in [0, 0.1) is 5.41 Å². The monoisotopic (exact) mass is 211 g/mol. The molecule has 0 saturated heterocycles. The Morgan fingerprint density at radius 3 is 3.07 bits per heavy atom. The molecule has 15 heavy (non-hydrogen) atoms. The Balaban J connectivity index is 2.67. The van der Waals surface area contributed by atoms with Crippen LogP contribution in [0.5, 0.6) is 0 Å². The summed E-state index contributed by atoms with van der Waals surface area (Å²) in [6.07, 6.45) is 3.22. The van der Waals surface area contributed by atoms with Crippen molar-refractivity contribution < 1.29 is 9.53 Å². The second-order valence-electron chi connectivity index (χ2n) is 4.24. The molecular weight excluding hydrogens is 194 g/mol. The summed E-state index contributed by atoms with van der Waals surface area (Å²) in [4.78, 5) is 14.5. The third kappa shape index (κ3) is 2.86. The number of carbonyl (C=O) groups excluding carboxylic acids is 1. The van der Waals surface area contributed by atoms with Gasteiger partial charge in [0.05, 0.1) is 12.0 Å². The minimum atomic E-state index is -0.465. The second-order valence-corrected chi connectivity index (χ2v) is 4.24. The lowest BCUT2D eigenvalue weighted by Crippen LogP contribution is -2.36. The minimum absolute atomic E-state index is 0.0573.